The van der Waals surface area contributed by atoms with Gasteiger partial charge in [0.05, 0.1) is 0 Å². The molecule has 0 atom stereocenters. The second kappa shape index (κ2) is 7.85. The number of carbonyl (C=O) groups excluding carboxylic acids is 1. The molecule has 3 aromatic carbocycles. The monoisotopic (exact) mass is 424 g/mol. The van der Waals surface area contributed by atoms with Crippen molar-refractivity contribution in [1.82, 2.24) is 0 Å². The van der Waals surface area contributed by atoms with Gasteiger partial charge in [0.15, 0.2) is 5.76 Å². The van der Waals surface area contributed by atoms with Gasteiger partial charge in [-0.15, -0.1) is 0 Å². The summed E-state index contributed by atoms with van der Waals surface area (Å²) < 4.78 is 17.2. The minimum Gasteiger partial charge on any atom is -0.489 e. The first kappa shape index (κ1) is 19.8. The fourth-order valence-electron chi connectivity index (χ4n) is 3.85. The van der Waals surface area contributed by atoms with Gasteiger partial charge in [0, 0.05) is 33.5 Å². The number of ether oxygens (including phenoxy) is 1. The first-order valence-corrected chi connectivity index (χ1v) is 10.3. The number of hydrogen-bond donors (Lipinski definition) is 0. The van der Waals surface area contributed by atoms with Crippen LogP contribution >= 0.6 is 0 Å². The number of ketones is 1. The summed E-state index contributed by atoms with van der Waals surface area (Å²) in [4.78, 5) is 24.8. The Kier molecular flexibility index (Phi) is 4.86. The van der Waals surface area contributed by atoms with Crippen molar-refractivity contribution in [2.75, 3.05) is 0 Å². The van der Waals surface area contributed by atoms with Crippen LogP contribution in [0.25, 0.3) is 21.9 Å². The van der Waals surface area contributed by atoms with E-state index < -0.39 is 5.63 Å². The summed E-state index contributed by atoms with van der Waals surface area (Å²) >= 11 is 0. The zero-order chi connectivity index (χ0) is 22.2. The van der Waals surface area contributed by atoms with Gasteiger partial charge in [0.2, 0.25) is 5.78 Å². The number of carbonyl (C=O) groups is 1. The first-order chi connectivity index (χ1) is 15.5. The summed E-state index contributed by atoms with van der Waals surface area (Å²) in [5, 5.41) is 1.66. The second-order valence-corrected chi connectivity index (χ2v) is 7.79. The van der Waals surface area contributed by atoms with Gasteiger partial charge in [-0.2, -0.15) is 0 Å². The van der Waals surface area contributed by atoms with Crippen LogP contribution in [-0.4, -0.2) is 5.78 Å². The van der Waals surface area contributed by atoms with Crippen molar-refractivity contribution in [2.45, 2.75) is 20.5 Å². The van der Waals surface area contributed by atoms with Gasteiger partial charge >= 0.3 is 5.63 Å². The maximum atomic E-state index is 12.9. The molecule has 0 amide bonds. The lowest BCUT2D eigenvalue weighted by Crippen LogP contribution is -2.04. The van der Waals surface area contributed by atoms with Crippen LogP contribution in [0.3, 0.4) is 0 Å². The maximum Gasteiger partial charge on any atom is 0.336 e. The lowest BCUT2D eigenvalue weighted by molar-refractivity contribution is 0.101. The van der Waals surface area contributed by atoms with E-state index in [1.165, 1.54) is 6.07 Å². The topological polar surface area (TPSA) is 69.7 Å². The molecule has 5 nitrogen and oxygen atoms in total. The van der Waals surface area contributed by atoms with Crippen molar-refractivity contribution in [3.8, 4) is 5.75 Å². The molecule has 0 bridgehead atoms. The maximum absolute atomic E-state index is 12.9. The minimum absolute atomic E-state index is 0.153. The third-order valence-corrected chi connectivity index (χ3v) is 5.53. The van der Waals surface area contributed by atoms with Crippen molar-refractivity contribution in [3.63, 3.8) is 0 Å². The highest BCUT2D eigenvalue weighted by atomic mass is 16.5. The Hall–Kier alpha value is -4.12. The highest BCUT2D eigenvalue weighted by Gasteiger charge is 2.19. The molecular formula is C27H20O5. The summed E-state index contributed by atoms with van der Waals surface area (Å²) in [7, 11) is 0. The Balaban J connectivity index is 1.46. The lowest BCUT2D eigenvalue weighted by atomic mass is 10.0. The van der Waals surface area contributed by atoms with Crippen molar-refractivity contribution < 1.29 is 18.4 Å². The highest BCUT2D eigenvalue weighted by molar-refractivity contribution is 6.10. The van der Waals surface area contributed by atoms with Crippen LogP contribution in [0.2, 0.25) is 0 Å². The first-order valence-electron chi connectivity index (χ1n) is 10.3. The summed E-state index contributed by atoms with van der Waals surface area (Å²) in [6, 6.07) is 21.6. The fourth-order valence-corrected chi connectivity index (χ4v) is 3.85. The van der Waals surface area contributed by atoms with E-state index in [0.29, 0.717) is 28.2 Å². The van der Waals surface area contributed by atoms with Crippen molar-refractivity contribution in [3.05, 3.63) is 111 Å². The SMILES string of the molecule is Cc1ccc2oc(=O)cc(COc3ccc4oc(C(=O)c5ccccc5)c(C)c4c3)c2c1. The van der Waals surface area contributed by atoms with Gasteiger partial charge in [-0.05, 0) is 44.2 Å². The number of fused-ring (bicyclic) bond motifs is 2. The molecule has 0 fully saturated rings. The molecule has 0 aliphatic heterocycles. The molecule has 158 valence electrons. The van der Waals surface area contributed by atoms with E-state index in [2.05, 4.69) is 0 Å². The van der Waals surface area contributed by atoms with E-state index in [9.17, 15) is 9.59 Å². The van der Waals surface area contributed by atoms with E-state index in [0.717, 1.165) is 27.5 Å². The molecular weight excluding hydrogens is 404 g/mol. The molecule has 0 aliphatic carbocycles. The summed E-state index contributed by atoms with van der Waals surface area (Å²) in [5.74, 6) is 0.791. The van der Waals surface area contributed by atoms with E-state index in [-0.39, 0.29) is 12.4 Å². The quantitative estimate of drug-likeness (QED) is 0.257. The van der Waals surface area contributed by atoms with Crippen LogP contribution in [0, 0.1) is 13.8 Å². The van der Waals surface area contributed by atoms with Crippen molar-refractivity contribution in [1.29, 1.82) is 0 Å². The van der Waals surface area contributed by atoms with Crippen molar-refractivity contribution in [2.24, 2.45) is 0 Å². The average molecular weight is 424 g/mol. The number of furan rings is 1. The van der Waals surface area contributed by atoms with Crippen LogP contribution in [0.4, 0.5) is 0 Å². The van der Waals surface area contributed by atoms with Gasteiger partial charge in [-0.25, -0.2) is 4.79 Å². The Labute approximate surface area is 183 Å². The van der Waals surface area contributed by atoms with Crippen LogP contribution in [0.1, 0.15) is 32.8 Å². The molecule has 32 heavy (non-hydrogen) atoms. The zero-order valence-corrected chi connectivity index (χ0v) is 17.7. The van der Waals surface area contributed by atoms with Gasteiger partial charge in [0.1, 0.15) is 23.5 Å². The molecule has 0 unspecified atom stereocenters. The number of rotatable bonds is 5. The van der Waals surface area contributed by atoms with Crippen molar-refractivity contribution >= 4 is 27.7 Å². The summed E-state index contributed by atoms with van der Waals surface area (Å²) in [6.07, 6.45) is 0. The zero-order valence-electron chi connectivity index (χ0n) is 17.7. The standard InChI is InChI=1S/C27H20O5/c1-16-8-10-24-22(12-16)19(13-25(28)31-24)15-30-20-9-11-23-21(14-20)17(2)27(32-23)26(29)18-6-4-3-5-7-18/h3-14H,15H2,1-2H3. The van der Waals surface area contributed by atoms with Gasteiger partial charge < -0.3 is 13.6 Å². The molecule has 0 N–H and O–H groups in total. The van der Waals surface area contributed by atoms with E-state index >= 15 is 0 Å². The molecule has 0 radical (unpaired) electrons. The number of hydrogen-bond acceptors (Lipinski definition) is 5. The second-order valence-electron chi connectivity index (χ2n) is 7.79. The van der Waals surface area contributed by atoms with E-state index in [1.54, 1.807) is 30.3 Å². The normalized spacial score (nSPS) is 11.2. The third kappa shape index (κ3) is 3.58. The smallest absolute Gasteiger partial charge is 0.336 e. The van der Waals surface area contributed by atoms with Gasteiger partial charge in [0.25, 0.3) is 0 Å². The van der Waals surface area contributed by atoms with Crippen LogP contribution in [0.5, 0.6) is 5.75 Å². The van der Waals surface area contributed by atoms with Gasteiger partial charge in [-0.3, -0.25) is 4.79 Å². The number of aryl methyl sites for hydroxylation is 2. The van der Waals surface area contributed by atoms with E-state index in [4.69, 9.17) is 13.6 Å². The molecule has 0 saturated heterocycles. The van der Waals surface area contributed by atoms with Crippen LogP contribution in [0.15, 0.2) is 86.4 Å². The molecule has 2 aromatic heterocycles. The largest absolute Gasteiger partial charge is 0.489 e. The minimum atomic E-state index is -0.412. The van der Waals surface area contributed by atoms with Gasteiger partial charge in [-0.1, -0.05) is 42.0 Å². The molecule has 5 aromatic rings. The Bertz CT molecular complexity index is 1520. The fraction of sp³-hybridized carbons (Fsp3) is 0.111. The number of benzene rings is 3. The lowest BCUT2D eigenvalue weighted by Gasteiger charge is -2.09. The predicted molar refractivity (Wildman–Crippen MR) is 122 cm³/mol. The Morgan fingerprint density at radius 1 is 0.844 bits per heavy atom. The molecule has 0 aliphatic rings. The summed E-state index contributed by atoms with van der Waals surface area (Å²) in [6.45, 7) is 4.06. The summed E-state index contributed by atoms with van der Waals surface area (Å²) in [5.41, 5.74) is 3.91. The molecule has 5 heteroatoms. The molecule has 2 heterocycles. The molecule has 0 saturated carbocycles. The Morgan fingerprint density at radius 3 is 2.41 bits per heavy atom. The molecule has 5 rings (SSSR count). The third-order valence-electron chi connectivity index (χ3n) is 5.53. The average Bonchev–Trinajstić information content (AvgIpc) is 3.13. The molecule has 0 spiro atoms. The van der Waals surface area contributed by atoms with Crippen LogP contribution in [-0.2, 0) is 6.61 Å². The highest BCUT2D eigenvalue weighted by Crippen LogP contribution is 2.31. The van der Waals surface area contributed by atoms with E-state index in [1.807, 2.05) is 50.2 Å². The predicted octanol–water partition coefficient (Wildman–Crippen LogP) is 5.97. The van der Waals surface area contributed by atoms with Crippen LogP contribution < -0.4 is 10.4 Å². The Morgan fingerprint density at radius 2 is 1.59 bits per heavy atom.